The summed E-state index contributed by atoms with van der Waals surface area (Å²) in [6.45, 7) is 4.25. The van der Waals surface area contributed by atoms with Crippen LogP contribution in [0.15, 0.2) is 30.3 Å². The van der Waals surface area contributed by atoms with Gasteiger partial charge >= 0.3 is 0 Å². The van der Waals surface area contributed by atoms with Crippen LogP contribution in [0.25, 0.3) is 0 Å². The van der Waals surface area contributed by atoms with E-state index in [1.807, 2.05) is 44.2 Å². The largest absolute Gasteiger partial charge is 0.340 e. The summed E-state index contributed by atoms with van der Waals surface area (Å²) in [6.07, 6.45) is 0. The predicted octanol–water partition coefficient (Wildman–Crippen LogP) is 1.64. The number of benzene rings is 1. The number of hydrogen-bond donors (Lipinski definition) is 0. The highest BCUT2D eigenvalue weighted by Gasteiger charge is 2.36. The van der Waals surface area contributed by atoms with Crippen molar-refractivity contribution in [3.05, 3.63) is 35.9 Å². The number of sulfone groups is 1. The van der Waals surface area contributed by atoms with Gasteiger partial charge in [-0.15, -0.1) is 0 Å². The Morgan fingerprint density at radius 1 is 1.26 bits per heavy atom. The Hall–Kier alpha value is -1.36. The van der Waals surface area contributed by atoms with E-state index >= 15 is 0 Å². The average Bonchev–Trinajstić information content (AvgIpc) is 2.38. The van der Waals surface area contributed by atoms with E-state index in [1.54, 1.807) is 4.90 Å². The predicted molar refractivity (Wildman–Crippen MR) is 74.4 cm³/mol. The molecule has 0 spiro atoms. The highest BCUT2D eigenvalue weighted by atomic mass is 32.2. The molecule has 4 nitrogen and oxygen atoms in total. The lowest BCUT2D eigenvalue weighted by molar-refractivity contribution is -0.134. The van der Waals surface area contributed by atoms with Crippen LogP contribution in [0, 0.1) is 5.92 Å². The van der Waals surface area contributed by atoms with E-state index in [0.717, 1.165) is 5.56 Å². The molecule has 0 N–H and O–H groups in total. The van der Waals surface area contributed by atoms with Crippen molar-refractivity contribution in [2.24, 2.45) is 5.92 Å². The maximum absolute atomic E-state index is 12.2. The topological polar surface area (TPSA) is 54.5 Å². The van der Waals surface area contributed by atoms with Gasteiger partial charge in [0.15, 0.2) is 9.84 Å². The van der Waals surface area contributed by atoms with Crippen molar-refractivity contribution < 1.29 is 13.2 Å². The molecule has 1 aromatic rings. The standard InChI is InChI=1S/C14H19NO3S/c1-11(2)14(16)15-8-9-19(17,18)13(10-15)12-6-4-3-5-7-12/h3-7,11,13H,8-10H2,1-2H3. The Morgan fingerprint density at radius 3 is 2.47 bits per heavy atom. The van der Waals surface area contributed by atoms with Crippen LogP contribution < -0.4 is 0 Å². The number of nitrogens with zero attached hydrogens (tertiary/aromatic N) is 1. The van der Waals surface area contributed by atoms with E-state index < -0.39 is 15.1 Å². The summed E-state index contributed by atoms with van der Waals surface area (Å²) in [4.78, 5) is 13.7. The second kappa shape index (κ2) is 5.33. The Bertz CT molecular complexity index is 551. The van der Waals surface area contributed by atoms with Gasteiger partial charge in [0, 0.05) is 19.0 Å². The molecule has 1 aromatic carbocycles. The van der Waals surface area contributed by atoms with Crippen molar-refractivity contribution >= 4 is 15.7 Å². The molecular weight excluding hydrogens is 262 g/mol. The molecule has 0 radical (unpaired) electrons. The number of carbonyl (C=O) groups excluding carboxylic acids is 1. The van der Waals surface area contributed by atoms with Crippen molar-refractivity contribution in [2.75, 3.05) is 18.8 Å². The normalized spacial score (nSPS) is 22.5. The maximum atomic E-state index is 12.2. The first-order valence-electron chi connectivity index (χ1n) is 6.47. The summed E-state index contributed by atoms with van der Waals surface area (Å²) in [6, 6.07) is 9.13. The van der Waals surface area contributed by atoms with Crippen molar-refractivity contribution in [3.8, 4) is 0 Å². The summed E-state index contributed by atoms with van der Waals surface area (Å²) in [7, 11) is -3.16. The lowest BCUT2D eigenvalue weighted by Crippen LogP contribution is -2.46. The lowest BCUT2D eigenvalue weighted by atomic mass is 10.1. The van der Waals surface area contributed by atoms with Gasteiger partial charge in [-0.2, -0.15) is 0 Å². The Balaban J connectivity index is 2.27. The number of hydrogen-bond acceptors (Lipinski definition) is 3. The third-order valence-corrected chi connectivity index (χ3v) is 5.48. The van der Waals surface area contributed by atoms with E-state index in [1.165, 1.54) is 0 Å². The van der Waals surface area contributed by atoms with Gasteiger partial charge in [-0.25, -0.2) is 8.42 Å². The molecule has 1 aliphatic heterocycles. The van der Waals surface area contributed by atoms with Crippen LogP contribution in [0.1, 0.15) is 24.7 Å². The van der Waals surface area contributed by atoms with E-state index in [2.05, 4.69) is 0 Å². The fourth-order valence-corrected chi connectivity index (χ4v) is 4.07. The number of rotatable bonds is 2. The monoisotopic (exact) mass is 281 g/mol. The molecule has 1 unspecified atom stereocenters. The SMILES string of the molecule is CC(C)C(=O)N1CCS(=O)(=O)C(c2ccccc2)C1. The summed E-state index contributed by atoms with van der Waals surface area (Å²) in [5.41, 5.74) is 0.767. The molecule has 0 aliphatic carbocycles. The zero-order valence-electron chi connectivity index (χ0n) is 11.2. The Kier molecular flexibility index (Phi) is 3.94. The van der Waals surface area contributed by atoms with Gasteiger partial charge in [-0.1, -0.05) is 44.2 Å². The van der Waals surface area contributed by atoms with Crippen molar-refractivity contribution in [3.63, 3.8) is 0 Å². The van der Waals surface area contributed by atoms with Crippen LogP contribution in [0.3, 0.4) is 0 Å². The minimum atomic E-state index is -3.16. The minimum Gasteiger partial charge on any atom is -0.340 e. The number of carbonyl (C=O) groups is 1. The Labute approximate surface area is 114 Å². The van der Waals surface area contributed by atoms with Gasteiger partial charge < -0.3 is 4.90 Å². The van der Waals surface area contributed by atoms with Crippen LogP contribution in [0.4, 0.5) is 0 Å². The van der Waals surface area contributed by atoms with Gasteiger partial charge in [0.1, 0.15) is 5.25 Å². The third-order valence-electron chi connectivity index (χ3n) is 3.44. The van der Waals surface area contributed by atoms with E-state index in [0.29, 0.717) is 6.54 Å². The summed E-state index contributed by atoms with van der Waals surface area (Å²) in [5.74, 6) is -0.0292. The van der Waals surface area contributed by atoms with Gasteiger partial charge in [-0.3, -0.25) is 4.79 Å². The molecule has 0 aromatic heterocycles. The van der Waals surface area contributed by atoms with Crippen LogP contribution in [-0.4, -0.2) is 38.1 Å². The average molecular weight is 281 g/mol. The van der Waals surface area contributed by atoms with Crippen molar-refractivity contribution in [1.82, 2.24) is 4.90 Å². The molecule has 1 saturated heterocycles. The molecule has 5 heteroatoms. The number of amides is 1. The molecule has 19 heavy (non-hydrogen) atoms. The highest BCUT2D eigenvalue weighted by molar-refractivity contribution is 7.91. The van der Waals surface area contributed by atoms with Crippen molar-refractivity contribution in [2.45, 2.75) is 19.1 Å². The molecule has 1 amide bonds. The van der Waals surface area contributed by atoms with Crippen molar-refractivity contribution in [1.29, 1.82) is 0 Å². The van der Waals surface area contributed by atoms with Crippen LogP contribution in [-0.2, 0) is 14.6 Å². The first kappa shape index (κ1) is 14.1. The van der Waals surface area contributed by atoms with E-state index in [4.69, 9.17) is 0 Å². The zero-order valence-corrected chi connectivity index (χ0v) is 12.1. The summed E-state index contributed by atoms with van der Waals surface area (Å²) in [5, 5.41) is -0.592. The first-order chi connectivity index (χ1) is 8.92. The van der Waals surface area contributed by atoms with Crippen LogP contribution in [0.2, 0.25) is 0 Å². The van der Waals surface area contributed by atoms with E-state index in [-0.39, 0.29) is 24.1 Å². The summed E-state index contributed by atoms with van der Waals surface area (Å²) >= 11 is 0. The maximum Gasteiger partial charge on any atom is 0.225 e. The first-order valence-corrected chi connectivity index (χ1v) is 8.18. The van der Waals surface area contributed by atoms with Gasteiger partial charge in [0.25, 0.3) is 0 Å². The van der Waals surface area contributed by atoms with Gasteiger partial charge in [0.05, 0.1) is 5.75 Å². The Morgan fingerprint density at radius 2 is 1.89 bits per heavy atom. The smallest absolute Gasteiger partial charge is 0.225 e. The molecule has 1 fully saturated rings. The quantitative estimate of drug-likeness (QED) is 0.828. The molecule has 2 rings (SSSR count). The zero-order chi connectivity index (χ0) is 14.0. The fraction of sp³-hybridized carbons (Fsp3) is 0.500. The van der Waals surface area contributed by atoms with Gasteiger partial charge in [0.2, 0.25) is 5.91 Å². The summed E-state index contributed by atoms with van der Waals surface area (Å²) < 4.78 is 24.4. The molecule has 104 valence electrons. The third kappa shape index (κ3) is 2.97. The van der Waals surface area contributed by atoms with Gasteiger partial charge in [-0.05, 0) is 5.56 Å². The second-order valence-corrected chi connectivity index (χ2v) is 7.51. The molecular formula is C14H19NO3S. The molecule has 0 bridgehead atoms. The fourth-order valence-electron chi connectivity index (χ4n) is 2.33. The van der Waals surface area contributed by atoms with E-state index in [9.17, 15) is 13.2 Å². The molecule has 1 atom stereocenters. The highest BCUT2D eigenvalue weighted by Crippen LogP contribution is 2.28. The molecule has 1 aliphatic rings. The minimum absolute atomic E-state index is 0.0239. The lowest BCUT2D eigenvalue weighted by Gasteiger charge is -2.33. The second-order valence-electron chi connectivity index (χ2n) is 5.21. The molecule has 1 heterocycles. The van der Waals surface area contributed by atoms with Crippen LogP contribution >= 0.6 is 0 Å². The van der Waals surface area contributed by atoms with Crippen LogP contribution in [0.5, 0.6) is 0 Å². The molecule has 0 saturated carbocycles.